The third-order valence-electron chi connectivity index (χ3n) is 4.14. The molecule has 0 spiro atoms. The number of hydrazone groups is 1. The molecule has 0 aliphatic rings. The van der Waals surface area contributed by atoms with Gasteiger partial charge >= 0.3 is 0 Å². The molecule has 0 saturated heterocycles. The summed E-state index contributed by atoms with van der Waals surface area (Å²) in [6.45, 7) is 0.319. The van der Waals surface area contributed by atoms with Crippen molar-refractivity contribution in [1.82, 2.24) is 9.99 Å². The van der Waals surface area contributed by atoms with Crippen LogP contribution in [0.5, 0.6) is 11.5 Å². The van der Waals surface area contributed by atoms with Crippen LogP contribution >= 0.6 is 15.9 Å². The first-order valence-electron chi connectivity index (χ1n) is 8.62. The fraction of sp³-hybridized carbons (Fsp3) is 0.0952. The molecule has 0 aliphatic heterocycles. The van der Waals surface area contributed by atoms with Crippen LogP contribution in [0.3, 0.4) is 0 Å². The van der Waals surface area contributed by atoms with Crippen LogP contribution < -0.4 is 15.7 Å². The molecule has 1 heterocycles. The first-order chi connectivity index (χ1) is 14.0. The van der Waals surface area contributed by atoms with Crippen molar-refractivity contribution in [2.24, 2.45) is 5.10 Å². The number of phenolic OH excluding ortho intramolecular Hbond substituents is 1. The highest BCUT2D eigenvalue weighted by Crippen LogP contribution is 2.19. The number of nitrogens with zero attached hydrogens (tertiary/aromatic N) is 2. The number of pyridine rings is 1. The van der Waals surface area contributed by atoms with Crippen LogP contribution in [0.4, 0.5) is 0 Å². The zero-order valence-corrected chi connectivity index (χ0v) is 17.1. The maximum Gasteiger partial charge on any atom is 0.276 e. The van der Waals surface area contributed by atoms with Crippen molar-refractivity contribution < 1.29 is 14.6 Å². The number of ether oxygens (including phenoxy) is 1. The fourth-order valence-electron chi connectivity index (χ4n) is 2.61. The van der Waals surface area contributed by atoms with Gasteiger partial charge in [-0.2, -0.15) is 5.10 Å². The lowest BCUT2D eigenvalue weighted by molar-refractivity contribution is 0.0953. The average Bonchev–Trinajstić information content (AvgIpc) is 2.72. The standard InChI is InChI=1S/C21H18BrN3O4/c1-29-17-7-4-14(5-8-17)13-25-10-2-3-18(21(25)28)20(27)24-23-12-15-11-16(22)6-9-19(15)26/h2-12,26H,13H2,1H3,(H,24,27)/b23-12-. The van der Waals surface area contributed by atoms with Gasteiger partial charge in [-0.15, -0.1) is 0 Å². The van der Waals surface area contributed by atoms with E-state index in [0.717, 1.165) is 15.8 Å². The molecule has 0 unspecified atom stereocenters. The Morgan fingerprint density at radius 1 is 1.24 bits per heavy atom. The molecule has 1 aromatic heterocycles. The smallest absolute Gasteiger partial charge is 0.276 e. The number of phenols is 1. The second kappa shape index (κ2) is 9.20. The number of hydrogen-bond acceptors (Lipinski definition) is 5. The third-order valence-corrected chi connectivity index (χ3v) is 4.63. The van der Waals surface area contributed by atoms with Gasteiger partial charge in [0.15, 0.2) is 0 Å². The number of carbonyl (C=O) groups is 1. The molecular formula is C21H18BrN3O4. The minimum atomic E-state index is -0.634. The number of amides is 1. The zero-order chi connectivity index (χ0) is 20.8. The molecule has 3 aromatic rings. The van der Waals surface area contributed by atoms with Crippen LogP contribution in [-0.4, -0.2) is 28.9 Å². The molecular weight excluding hydrogens is 438 g/mol. The minimum absolute atomic E-state index is 0.0211. The molecule has 8 heteroatoms. The zero-order valence-electron chi connectivity index (χ0n) is 15.5. The van der Waals surface area contributed by atoms with Crippen molar-refractivity contribution in [2.45, 2.75) is 6.54 Å². The highest BCUT2D eigenvalue weighted by molar-refractivity contribution is 9.10. The van der Waals surface area contributed by atoms with E-state index in [1.54, 1.807) is 31.5 Å². The Kier molecular flexibility index (Phi) is 6.46. The molecule has 1 amide bonds. The van der Waals surface area contributed by atoms with Gasteiger partial charge in [-0.3, -0.25) is 9.59 Å². The van der Waals surface area contributed by atoms with Crippen molar-refractivity contribution >= 4 is 28.1 Å². The fourth-order valence-corrected chi connectivity index (χ4v) is 2.99. The quantitative estimate of drug-likeness (QED) is 0.441. The number of hydrogen-bond donors (Lipinski definition) is 2. The molecule has 2 aromatic carbocycles. The SMILES string of the molecule is COc1ccc(Cn2cccc(C(=O)N/N=C\c3cc(Br)ccc3O)c2=O)cc1. The highest BCUT2D eigenvalue weighted by atomic mass is 79.9. The van der Waals surface area contributed by atoms with Crippen LogP contribution in [-0.2, 0) is 6.54 Å². The summed E-state index contributed by atoms with van der Waals surface area (Å²) in [6, 6.07) is 15.2. The lowest BCUT2D eigenvalue weighted by atomic mass is 10.2. The summed E-state index contributed by atoms with van der Waals surface area (Å²) in [5, 5.41) is 13.6. The van der Waals surface area contributed by atoms with E-state index in [1.165, 1.54) is 22.9 Å². The molecule has 0 saturated carbocycles. The topological polar surface area (TPSA) is 92.9 Å². The summed E-state index contributed by atoms with van der Waals surface area (Å²) in [5.74, 6) is 0.112. The summed E-state index contributed by atoms with van der Waals surface area (Å²) in [4.78, 5) is 25.0. The van der Waals surface area contributed by atoms with Crippen LogP contribution in [0, 0.1) is 0 Å². The summed E-state index contributed by atoms with van der Waals surface area (Å²) >= 11 is 3.30. The average molecular weight is 456 g/mol. The normalized spacial score (nSPS) is 10.8. The van der Waals surface area contributed by atoms with Crippen molar-refractivity contribution in [3.8, 4) is 11.5 Å². The van der Waals surface area contributed by atoms with Crippen molar-refractivity contribution in [3.05, 3.63) is 92.3 Å². The summed E-state index contributed by atoms with van der Waals surface area (Å²) in [5.41, 5.74) is 3.17. The molecule has 7 nitrogen and oxygen atoms in total. The van der Waals surface area contributed by atoms with Crippen LogP contribution in [0.25, 0.3) is 0 Å². The third kappa shape index (κ3) is 5.11. The molecule has 0 bridgehead atoms. The molecule has 3 rings (SSSR count). The predicted octanol–water partition coefficient (Wildman–Crippen LogP) is 3.14. The van der Waals surface area contributed by atoms with Crippen molar-refractivity contribution in [1.29, 1.82) is 0 Å². The Balaban J connectivity index is 1.74. The van der Waals surface area contributed by atoms with Crippen LogP contribution in [0.1, 0.15) is 21.5 Å². The number of rotatable bonds is 6. The Morgan fingerprint density at radius 2 is 2.00 bits per heavy atom. The lowest BCUT2D eigenvalue weighted by Crippen LogP contribution is -2.30. The van der Waals surface area contributed by atoms with Gasteiger partial charge in [-0.1, -0.05) is 28.1 Å². The lowest BCUT2D eigenvalue weighted by Gasteiger charge is -2.08. The molecule has 0 radical (unpaired) electrons. The number of halogens is 1. The van der Waals surface area contributed by atoms with Gasteiger partial charge in [-0.05, 0) is 48.0 Å². The van der Waals surface area contributed by atoms with Crippen LogP contribution in [0.2, 0.25) is 0 Å². The Bertz CT molecular complexity index is 1110. The monoisotopic (exact) mass is 455 g/mol. The van der Waals surface area contributed by atoms with E-state index in [1.807, 2.05) is 24.3 Å². The number of benzene rings is 2. The Labute approximate surface area is 175 Å². The maximum atomic E-state index is 12.6. The molecule has 0 fully saturated rings. The summed E-state index contributed by atoms with van der Waals surface area (Å²) in [7, 11) is 1.59. The number of carbonyl (C=O) groups excluding carboxylic acids is 1. The Morgan fingerprint density at radius 3 is 2.72 bits per heavy atom. The van der Waals surface area contributed by atoms with E-state index in [-0.39, 0.29) is 11.3 Å². The molecule has 29 heavy (non-hydrogen) atoms. The minimum Gasteiger partial charge on any atom is -0.507 e. The van der Waals surface area contributed by atoms with Gasteiger partial charge in [0, 0.05) is 16.2 Å². The Hall–Kier alpha value is -3.39. The van der Waals surface area contributed by atoms with Gasteiger partial charge in [0.2, 0.25) is 0 Å². The van der Waals surface area contributed by atoms with Gasteiger partial charge in [0.25, 0.3) is 11.5 Å². The largest absolute Gasteiger partial charge is 0.507 e. The van der Waals surface area contributed by atoms with Crippen molar-refractivity contribution in [3.63, 3.8) is 0 Å². The van der Waals surface area contributed by atoms with E-state index in [2.05, 4.69) is 26.5 Å². The van der Waals surface area contributed by atoms with Gasteiger partial charge in [0.1, 0.15) is 17.1 Å². The van der Waals surface area contributed by atoms with E-state index >= 15 is 0 Å². The van der Waals surface area contributed by atoms with Gasteiger partial charge < -0.3 is 14.4 Å². The van der Waals surface area contributed by atoms with E-state index in [4.69, 9.17) is 4.74 Å². The van der Waals surface area contributed by atoms with Gasteiger partial charge in [0.05, 0.1) is 19.9 Å². The van der Waals surface area contributed by atoms with Gasteiger partial charge in [-0.25, -0.2) is 5.43 Å². The van der Waals surface area contributed by atoms with Crippen LogP contribution in [0.15, 0.2) is 75.2 Å². The summed E-state index contributed by atoms with van der Waals surface area (Å²) in [6.07, 6.45) is 2.92. The number of aromatic hydroxyl groups is 1. The molecule has 2 N–H and O–H groups in total. The van der Waals surface area contributed by atoms with E-state index in [0.29, 0.717) is 12.1 Å². The number of methoxy groups -OCH3 is 1. The predicted molar refractivity (Wildman–Crippen MR) is 114 cm³/mol. The number of nitrogens with one attached hydrogen (secondary N) is 1. The first-order valence-corrected chi connectivity index (χ1v) is 9.41. The second-order valence-electron chi connectivity index (χ2n) is 6.11. The number of aromatic nitrogens is 1. The van der Waals surface area contributed by atoms with E-state index in [9.17, 15) is 14.7 Å². The molecule has 0 aliphatic carbocycles. The van der Waals surface area contributed by atoms with Crippen molar-refractivity contribution in [2.75, 3.05) is 7.11 Å². The summed E-state index contributed by atoms with van der Waals surface area (Å²) < 4.78 is 7.33. The van der Waals surface area contributed by atoms with E-state index < -0.39 is 11.5 Å². The first kappa shape index (κ1) is 20.3. The highest BCUT2D eigenvalue weighted by Gasteiger charge is 2.12. The molecule has 148 valence electrons. The molecule has 0 atom stereocenters. The second-order valence-corrected chi connectivity index (χ2v) is 7.02. The maximum absolute atomic E-state index is 12.6.